The summed E-state index contributed by atoms with van der Waals surface area (Å²) in [6, 6.07) is 8.37. The van der Waals surface area contributed by atoms with Crippen molar-refractivity contribution in [1.82, 2.24) is 14.5 Å². The Morgan fingerprint density at radius 1 is 1.03 bits per heavy atom. The third-order valence-corrected chi connectivity index (χ3v) is 7.68. The third-order valence-electron chi connectivity index (χ3n) is 7.68. The zero-order chi connectivity index (χ0) is 23.9. The van der Waals surface area contributed by atoms with E-state index in [1.807, 2.05) is 4.57 Å². The van der Waals surface area contributed by atoms with Crippen LogP contribution in [0.5, 0.6) is 0 Å². The molecule has 3 heterocycles. The van der Waals surface area contributed by atoms with E-state index >= 15 is 0 Å². The fourth-order valence-corrected chi connectivity index (χ4v) is 6.14. The van der Waals surface area contributed by atoms with Gasteiger partial charge in [0.15, 0.2) is 5.82 Å². The SMILES string of the molecule is O=C(c1ncc2n1CCCC2)N1CCC(OC(=O)C(F)(F)F)(c2ccccc2)C2CCCCC21. The first kappa shape index (κ1) is 22.9. The first-order chi connectivity index (χ1) is 16.3. The number of nitrogens with zero attached hydrogens (tertiary/aromatic N) is 3. The summed E-state index contributed by atoms with van der Waals surface area (Å²) in [6.07, 6.45) is 2.62. The number of halogens is 3. The van der Waals surface area contributed by atoms with Crippen LogP contribution in [-0.4, -0.2) is 45.1 Å². The summed E-state index contributed by atoms with van der Waals surface area (Å²) < 4.78 is 47.3. The van der Waals surface area contributed by atoms with Gasteiger partial charge in [-0.25, -0.2) is 9.78 Å². The lowest BCUT2D eigenvalue weighted by molar-refractivity contribution is -0.229. The minimum atomic E-state index is -5.09. The maximum atomic E-state index is 13.7. The number of fused-ring (bicyclic) bond motifs is 2. The van der Waals surface area contributed by atoms with Gasteiger partial charge in [0.2, 0.25) is 0 Å². The van der Waals surface area contributed by atoms with E-state index in [-0.39, 0.29) is 24.9 Å². The Kier molecular flexibility index (Phi) is 5.90. The molecule has 34 heavy (non-hydrogen) atoms. The van der Waals surface area contributed by atoms with Crippen LogP contribution in [0.3, 0.4) is 0 Å². The molecular formula is C25H28F3N3O3. The van der Waals surface area contributed by atoms with E-state index in [1.165, 1.54) is 0 Å². The Morgan fingerprint density at radius 2 is 1.79 bits per heavy atom. The van der Waals surface area contributed by atoms with Gasteiger partial charge in [-0.3, -0.25) is 4.79 Å². The number of amides is 1. The van der Waals surface area contributed by atoms with Gasteiger partial charge in [-0.15, -0.1) is 0 Å². The van der Waals surface area contributed by atoms with E-state index in [0.29, 0.717) is 24.2 Å². The number of piperidine rings is 1. The minimum absolute atomic E-state index is 0.110. The number of hydrogen-bond acceptors (Lipinski definition) is 4. The van der Waals surface area contributed by atoms with Crippen LogP contribution in [0, 0.1) is 5.92 Å². The van der Waals surface area contributed by atoms with Crippen molar-refractivity contribution in [3.05, 3.63) is 53.6 Å². The number of imidazole rings is 1. The Bertz CT molecular complexity index is 1070. The zero-order valence-corrected chi connectivity index (χ0v) is 18.9. The van der Waals surface area contributed by atoms with Gasteiger partial charge in [0, 0.05) is 43.4 Å². The van der Waals surface area contributed by atoms with Crippen LogP contribution in [0.25, 0.3) is 0 Å². The number of carbonyl (C=O) groups excluding carboxylic acids is 2. The zero-order valence-electron chi connectivity index (χ0n) is 18.9. The van der Waals surface area contributed by atoms with Gasteiger partial charge in [0.25, 0.3) is 5.91 Å². The molecule has 182 valence electrons. The van der Waals surface area contributed by atoms with E-state index in [9.17, 15) is 22.8 Å². The van der Waals surface area contributed by atoms with Gasteiger partial charge in [-0.2, -0.15) is 13.2 Å². The monoisotopic (exact) mass is 475 g/mol. The van der Waals surface area contributed by atoms with Gasteiger partial charge in [0.05, 0.1) is 0 Å². The predicted octanol–water partition coefficient (Wildman–Crippen LogP) is 4.63. The molecule has 2 aromatic rings. The molecule has 1 saturated heterocycles. The Hall–Kier alpha value is -2.84. The molecule has 9 heteroatoms. The molecule has 1 saturated carbocycles. The van der Waals surface area contributed by atoms with Crippen molar-refractivity contribution in [3.63, 3.8) is 0 Å². The number of rotatable bonds is 3. The highest BCUT2D eigenvalue weighted by molar-refractivity contribution is 5.91. The van der Waals surface area contributed by atoms with Crippen LogP contribution < -0.4 is 0 Å². The molecular weight excluding hydrogens is 447 g/mol. The van der Waals surface area contributed by atoms with E-state index in [4.69, 9.17) is 4.74 Å². The normalized spacial score (nSPS) is 27.0. The summed E-state index contributed by atoms with van der Waals surface area (Å²) in [6.45, 7) is 0.942. The molecule has 1 aromatic carbocycles. The van der Waals surface area contributed by atoms with Crippen molar-refractivity contribution >= 4 is 11.9 Å². The van der Waals surface area contributed by atoms with E-state index < -0.39 is 23.7 Å². The highest BCUT2D eigenvalue weighted by atomic mass is 19.4. The number of aromatic nitrogens is 2. The summed E-state index contributed by atoms with van der Waals surface area (Å²) in [5.74, 6) is -2.39. The molecule has 0 bridgehead atoms. The van der Waals surface area contributed by atoms with E-state index in [1.54, 1.807) is 41.4 Å². The highest BCUT2D eigenvalue weighted by Crippen LogP contribution is 2.50. The molecule has 3 unspecified atom stereocenters. The molecule has 0 radical (unpaired) electrons. The lowest BCUT2D eigenvalue weighted by Gasteiger charge is -2.53. The van der Waals surface area contributed by atoms with Crippen LogP contribution in [0.4, 0.5) is 13.2 Å². The molecule has 1 amide bonds. The standard InChI is InChI=1S/C25H28F3N3O3/c26-25(27,28)23(33)34-24(17-8-2-1-3-9-17)13-15-31(20-12-5-4-11-19(20)24)22(32)21-29-16-18-10-6-7-14-30(18)21/h1-3,8-9,16,19-20H,4-7,10-15H2. The molecule has 0 N–H and O–H groups in total. The first-order valence-corrected chi connectivity index (χ1v) is 12.0. The Balaban J connectivity index is 1.51. The average Bonchev–Trinajstić information content (AvgIpc) is 3.28. The maximum absolute atomic E-state index is 13.7. The second-order valence-corrected chi connectivity index (χ2v) is 9.53. The van der Waals surface area contributed by atoms with Crippen LogP contribution in [0.1, 0.15) is 66.8 Å². The van der Waals surface area contributed by atoms with Gasteiger partial charge in [0.1, 0.15) is 5.60 Å². The quantitative estimate of drug-likeness (QED) is 0.608. The predicted molar refractivity (Wildman–Crippen MR) is 117 cm³/mol. The Morgan fingerprint density at radius 3 is 2.56 bits per heavy atom. The van der Waals surface area contributed by atoms with Crippen molar-refractivity contribution in [3.8, 4) is 0 Å². The van der Waals surface area contributed by atoms with Gasteiger partial charge in [-0.1, -0.05) is 43.2 Å². The van der Waals surface area contributed by atoms with Gasteiger partial charge < -0.3 is 14.2 Å². The molecule has 5 rings (SSSR count). The molecule has 1 aromatic heterocycles. The fraction of sp³-hybridized carbons (Fsp3) is 0.560. The number of likely N-dealkylation sites (tertiary alicyclic amines) is 1. The van der Waals surface area contributed by atoms with Gasteiger partial charge in [-0.05, 0) is 37.7 Å². The molecule has 6 nitrogen and oxygen atoms in total. The van der Waals surface area contributed by atoms with E-state index in [0.717, 1.165) is 44.3 Å². The number of alkyl halides is 3. The number of aryl methyl sites for hydroxylation is 1. The summed E-state index contributed by atoms with van der Waals surface area (Å²) in [5.41, 5.74) is 0.168. The fourth-order valence-electron chi connectivity index (χ4n) is 6.14. The van der Waals surface area contributed by atoms with Gasteiger partial charge >= 0.3 is 12.1 Å². The largest absolute Gasteiger partial charge is 0.490 e. The summed E-state index contributed by atoms with van der Waals surface area (Å²) >= 11 is 0. The second-order valence-electron chi connectivity index (χ2n) is 9.53. The summed E-state index contributed by atoms with van der Waals surface area (Å²) in [5, 5.41) is 0. The molecule has 1 aliphatic carbocycles. The Labute approximate surface area is 196 Å². The lowest BCUT2D eigenvalue weighted by Crippen LogP contribution is -2.61. The number of benzene rings is 1. The van der Waals surface area contributed by atoms with E-state index in [2.05, 4.69) is 4.98 Å². The second kappa shape index (κ2) is 8.74. The minimum Gasteiger partial charge on any atom is -0.447 e. The number of esters is 1. The highest BCUT2D eigenvalue weighted by Gasteiger charge is 2.57. The maximum Gasteiger partial charge on any atom is 0.490 e. The molecule has 2 aliphatic heterocycles. The number of hydrogen-bond donors (Lipinski definition) is 0. The number of carbonyl (C=O) groups is 2. The van der Waals surface area contributed by atoms with Crippen LogP contribution >= 0.6 is 0 Å². The average molecular weight is 476 g/mol. The molecule has 3 atom stereocenters. The summed E-state index contributed by atoms with van der Waals surface area (Å²) in [4.78, 5) is 32.0. The molecule has 3 aliphatic rings. The first-order valence-electron chi connectivity index (χ1n) is 12.0. The van der Waals surface area contributed by atoms with Crippen molar-refractivity contribution in [2.45, 2.75) is 75.7 Å². The van der Waals surface area contributed by atoms with Crippen LogP contribution in [0.15, 0.2) is 36.5 Å². The molecule has 0 spiro atoms. The smallest absolute Gasteiger partial charge is 0.447 e. The number of ether oxygens (including phenoxy) is 1. The van der Waals surface area contributed by atoms with Crippen molar-refractivity contribution < 1.29 is 27.5 Å². The molecule has 2 fully saturated rings. The third kappa shape index (κ3) is 3.88. The topological polar surface area (TPSA) is 64.4 Å². The lowest BCUT2D eigenvalue weighted by atomic mass is 9.66. The van der Waals surface area contributed by atoms with Crippen molar-refractivity contribution in [2.24, 2.45) is 5.92 Å². The van der Waals surface area contributed by atoms with Crippen LogP contribution in [0.2, 0.25) is 0 Å². The van der Waals surface area contributed by atoms with Crippen LogP contribution in [-0.2, 0) is 28.1 Å². The summed E-state index contributed by atoms with van der Waals surface area (Å²) in [7, 11) is 0. The van der Waals surface area contributed by atoms with Crippen molar-refractivity contribution in [2.75, 3.05) is 6.54 Å². The van der Waals surface area contributed by atoms with Crippen molar-refractivity contribution in [1.29, 1.82) is 0 Å².